The summed E-state index contributed by atoms with van der Waals surface area (Å²) in [5.41, 5.74) is 4.72. The van der Waals surface area contributed by atoms with Crippen LogP contribution in [0, 0.1) is 6.92 Å². The standard InChI is InChI=1S/C15H18N2O2/c1-3-4-11-5-7-12(8-6-11)15-10(2)16-17-13(15)9-14(18)19/h5-8H,3-4,9H2,1-2H3,(H,16,17)(H,18,19). The van der Waals surface area contributed by atoms with Gasteiger partial charge < -0.3 is 5.11 Å². The van der Waals surface area contributed by atoms with Crippen LogP contribution in [-0.2, 0) is 17.6 Å². The first-order valence-electron chi connectivity index (χ1n) is 6.46. The first-order valence-corrected chi connectivity index (χ1v) is 6.46. The Morgan fingerprint density at radius 1 is 1.32 bits per heavy atom. The fourth-order valence-electron chi connectivity index (χ4n) is 2.26. The highest BCUT2D eigenvalue weighted by Gasteiger charge is 2.14. The number of rotatable bonds is 5. The Hall–Kier alpha value is -2.10. The van der Waals surface area contributed by atoms with Gasteiger partial charge in [-0.2, -0.15) is 5.10 Å². The maximum absolute atomic E-state index is 10.8. The molecule has 0 fully saturated rings. The summed E-state index contributed by atoms with van der Waals surface area (Å²) in [4.78, 5) is 10.8. The summed E-state index contributed by atoms with van der Waals surface area (Å²) < 4.78 is 0. The van der Waals surface area contributed by atoms with Crippen LogP contribution in [0.25, 0.3) is 11.1 Å². The molecule has 0 bridgehead atoms. The minimum absolute atomic E-state index is 0.0591. The highest BCUT2D eigenvalue weighted by molar-refractivity contribution is 5.76. The van der Waals surface area contributed by atoms with Gasteiger partial charge in [0.1, 0.15) is 0 Å². The second-order valence-electron chi connectivity index (χ2n) is 4.69. The Labute approximate surface area is 112 Å². The van der Waals surface area contributed by atoms with Crippen LogP contribution in [0.1, 0.15) is 30.3 Å². The second-order valence-corrected chi connectivity index (χ2v) is 4.69. The Balaban J connectivity index is 2.35. The van der Waals surface area contributed by atoms with E-state index in [1.165, 1.54) is 5.56 Å². The predicted molar refractivity (Wildman–Crippen MR) is 74.1 cm³/mol. The van der Waals surface area contributed by atoms with Crippen molar-refractivity contribution in [3.63, 3.8) is 0 Å². The zero-order valence-corrected chi connectivity index (χ0v) is 11.2. The van der Waals surface area contributed by atoms with E-state index in [1.807, 2.05) is 19.1 Å². The van der Waals surface area contributed by atoms with Crippen LogP contribution >= 0.6 is 0 Å². The lowest BCUT2D eigenvalue weighted by Crippen LogP contribution is -2.02. The number of hydrogen-bond acceptors (Lipinski definition) is 2. The summed E-state index contributed by atoms with van der Waals surface area (Å²) in [6.07, 6.45) is 2.12. The van der Waals surface area contributed by atoms with Gasteiger partial charge in [0, 0.05) is 11.3 Å². The number of hydrogen-bond donors (Lipinski definition) is 2. The monoisotopic (exact) mass is 258 g/mol. The van der Waals surface area contributed by atoms with Gasteiger partial charge in [0.2, 0.25) is 0 Å². The Morgan fingerprint density at radius 3 is 2.58 bits per heavy atom. The molecule has 0 spiro atoms. The molecule has 0 aliphatic rings. The third-order valence-electron chi connectivity index (χ3n) is 3.12. The molecule has 100 valence electrons. The minimum Gasteiger partial charge on any atom is -0.481 e. The summed E-state index contributed by atoms with van der Waals surface area (Å²) in [6.45, 7) is 4.06. The molecule has 1 aromatic heterocycles. The van der Waals surface area contributed by atoms with Gasteiger partial charge in [0.15, 0.2) is 0 Å². The normalized spacial score (nSPS) is 10.6. The molecule has 1 aromatic carbocycles. The molecular weight excluding hydrogens is 240 g/mol. The second kappa shape index (κ2) is 5.69. The van der Waals surface area contributed by atoms with Crippen molar-refractivity contribution in [2.24, 2.45) is 0 Å². The summed E-state index contributed by atoms with van der Waals surface area (Å²) in [5.74, 6) is -0.865. The number of aryl methyl sites for hydroxylation is 2. The molecule has 0 radical (unpaired) electrons. The summed E-state index contributed by atoms with van der Waals surface area (Å²) >= 11 is 0. The van der Waals surface area contributed by atoms with E-state index >= 15 is 0 Å². The number of H-pyrrole nitrogens is 1. The van der Waals surface area contributed by atoms with Crippen molar-refractivity contribution in [1.82, 2.24) is 10.2 Å². The molecule has 0 amide bonds. The number of nitrogens with zero attached hydrogens (tertiary/aromatic N) is 1. The number of carbonyl (C=O) groups is 1. The summed E-state index contributed by atoms with van der Waals surface area (Å²) in [5, 5.41) is 15.9. The van der Waals surface area contributed by atoms with Crippen molar-refractivity contribution in [2.75, 3.05) is 0 Å². The maximum Gasteiger partial charge on any atom is 0.309 e. The van der Waals surface area contributed by atoms with E-state index in [0.717, 1.165) is 29.7 Å². The largest absolute Gasteiger partial charge is 0.481 e. The van der Waals surface area contributed by atoms with Crippen LogP contribution in [0.3, 0.4) is 0 Å². The SMILES string of the molecule is CCCc1ccc(-c2c(CC(=O)O)n[nH]c2C)cc1. The van der Waals surface area contributed by atoms with E-state index in [2.05, 4.69) is 29.3 Å². The van der Waals surface area contributed by atoms with Crippen molar-refractivity contribution in [3.8, 4) is 11.1 Å². The molecule has 0 unspecified atom stereocenters. The number of aromatic nitrogens is 2. The number of carboxylic acids is 1. The van der Waals surface area contributed by atoms with E-state index in [-0.39, 0.29) is 6.42 Å². The molecule has 0 saturated carbocycles. The van der Waals surface area contributed by atoms with Gasteiger partial charge in [-0.3, -0.25) is 9.89 Å². The number of benzene rings is 1. The maximum atomic E-state index is 10.8. The molecule has 19 heavy (non-hydrogen) atoms. The molecule has 4 nitrogen and oxygen atoms in total. The fraction of sp³-hybridized carbons (Fsp3) is 0.333. The third kappa shape index (κ3) is 3.02. The number of aliphatic carboxylic acids is 1. The molecule has 4 heteroatoms. The van der Waals surface area contributed by atoms with Gasteiger partial charge in [-0.25, -0.2) is 0 Å². The van der Waals surface area contributed by atoms with Crippen LogP contribution in [0.15, 0.2) is 24.3 Å². The summed E-state index contributed by atoms with van der Waals surface area (Å²) in [6, 6.07) is 8.26. The molecule has 0 aliphatic heterocycles. The lowest BCUT2D eigenvalue weighted by Gasteiger charge is -2.05. The van der Waals surface area contributed by atoms with E-state index in [4.69, 9.17) is 5.11 Å². The molecular formula is C15H18N2O2. The quantitative estimate of drug-likeness (QED) is 0.866. The summed E-state index contributed by atoms with van der Waals surface area (Å²) in [7, 11) is 0. The zero-order chi connectivity index (χ0) is 13.8. The van der Waals surface area contributed by atoms with Crippen LogP contribution in [0.2, 0.25) is 0 Å². The van der Waals surface area contributed by atoms with E-state index < -0.39 is 5.97 Å². The molecule has 1 heterocycles. The van der Waals surface area contributed by atoms with Crippen molar-refractivity contribution in [3.05, 3.63) is 41.2 Å². The van der Waals surface area contributed by atoms with Crippen molar-refractivity contribution < 1.29 is 9.90 Å². The number of aromatic amines is 1. The number of carboxylic acid groups (broad SMARTS) is 1. The molecule has 2 N–H and O–H groups in total. The molecule has 2 rings (SSSR count). The van der Waals surface area contributed by atoms with Crippen LogP contribution < -0.4 is 0 Å². The van der Waals surface area contributed by atoms with Gasteiger partial charge in [-0.05, 0) is 24.5 Å². The van der Waals surface area contributed by atoms with Crippen molar-refractivity contribution >= 4 is 5.97 Å². The highest BCUT2D eigenvalue weighted by atomic mass is 16.4. The average molecular weight is 258 g/mol. The van der Waals surface area contributed by atoms with E-state index in [0.29, 0.717) is 5.69 Å². The predicted octanol–water partition coefficient (Wildman–Crippen LogP) is 2.96. The zero-order valence-electron chi connectivity index (χ0n) is 11.2. The van der Waals surface area contributed by atoms with Gasteiger partial charge in [0.25, 0.3) is 0 Å². The third-order valence-corrected chi connectivity index (χ3v) is 3.12. The Bertz CT molecular complexity index is 570. The van der Waals surface area contributed by atoms with Crippen LogP contribution in [0.4, 0.5) is 0 Å². The van der Waals surface area contributed by atoms with E-state index in [1.54, 1.807) is 0 Å². The molecule has 2 aromatic rings. The molecule has 0 saturated heterocycles. The lowest BCUT2D eigenvalue weighted by atomic mass is 9.99. The van der Waals surface area contributed by atoms with Gasteiger partial charge in [-0.1, -0.05) is 37.6 Å². The van der Waals surface area contributed by atoms with Crippen molar-refractivity contribution in [2.45, 2.75) is 33.1 Å². The van der Waals surface area contributed by atoms with Crippen LogP contribution in [0.5, 0.6) is 0 Å². The number of nitrogens with one attached hydrogen (secondary N) is 1. The van der Waals surface area contributed by atoms with Gasteiger partial charge >= 0.3 is 5.97 Å². The first kappa shape index (κ1) is 13.3. The average Bonchev–Trinajstić information content (AvgIpc) is 2.71. The van der Waals surface area contributed by atoms with Gasteiger partial charge in [-0.15, -0.1) is 0 Å². The van der Waals surface area contributed by atoms with Gasteiger partial charge in [0.05, 0.1) is 12.1 Å². The molecule has 0 atom stereocenters. The topological polar surface area (TPSA) is 66.0 Å². The highest BCUT2D eigenvalue weighted by Crippen LogP contribution is 2.26. The Kier molecular flexibility index (Phi) is 4.00. The fourth-order valence-corrected chi connectivity index (χ4v) is 2.26. The Morgan fingerprint density at radius 2 is 2.00 bits per heavy atom. The lowest BCUT2D eigenvalue weighted by molar-refractivity contribution is -0.136. The van der Waals surface area contributed by atoms with Crippen LogP contribution in [-0.4, -0.2) is 21.3 Å². The smallest absolute Gasteiger partial charge is 0.309 e. The first-order chi connectivity index (χ1) is 9.11. The minimum atomic E-state index is -0.865. The van der Waals surface area contributed by atoms with Crippen molar-refractivity contribution in [1.29, 1.82) is 0 Å². The van der Waals surface area contributed by atoms with E-state index in [9.17, 15) is 4.79 Å². The molecule has 0 aliphatic carbocycles.